The quantitative estimate of drug-likeness (QED) is 0.639. The molecule has 0 radical (unpaired) electrons. The number of nitrogens with two attached hydrogens (primary N) is 1. The van der Waals surface area contributed by atoms with Gasteiger partial charge in [-0.25, -0.2) is 0 Å². The number of aryl methyl sites for hydroxylation is 2. The Hall–Kier alpha value is -3.48. The predicted octanol–water partition coefficient (Wildman–Crippen LogP) is 2.59. The van der Waals surface area contributed by atoms with Crippen LogP contribution in [0.2, 0.25) is 0 Å². The highest BCUT2D eigenvalue weighted by atomic mass is 16.2. The molecule has 160 valence electrons. The van der Waals surface area contributed by atoms with Crippen LogP contribution in [0.5, 0.6) is 0 Å². The van der Waals surface area contributed by atoms with E-state index in [1.54, 1.807) is 23.5 Å². The number of hydrogen-bond donors (Lipinski definition) is 1. The first-order valence-electron chi connectivity index (χ1n) is 10.5. The van der Waals surface area contributed by atoms with E-state index in [1.165, 1.54) is 0 Å². The summed E-state index contributed by atoms with van der Waals surface area (Å²) in [6, 6.07) is 13.9. The van der Waals surface area contributed by atoms with Crippen molar-refractivity contribution >= 4 is 11.8 Å². The number of aromatic nitrogens is 3. The van der Waals surface area contributed by atoms with Crippen molar-refractivity contribution in [3.8, 4) is 11.1 Å². The van der Waals surface area contributed by atoms with Gasteiger partial charge in [0.15, 0.2) is 0 Å². The second-order valence-electron chi connectivity index (χ2n) is 8.23. The van der Waals surface area contributed by atoms with E-state index in [-0.39, 0.29) is 11.8 Å². The first-order valence-corrected chi connectivity index (χ1v) is 10.5. The molecule has 1 saturated heterocycles. The Balaban J connectivity index is 1.50. The number of primary amides is 1. The van der Waals surface area contributed by atoms with Gasteiger partial charge in [0.05, 0.1) is 5.41 Å². The predicted molar refractivity (Wildman–Crippen MR) is 118 cm³/mol. The van der Waals surface area contributed by atoms with Gasteiger partial charge in [-0.2, -0.15) is 5.10 Å². The molecule has 31 heavy (non-hydrogen) atoms. The minimum absolute atomic E-state index is 0.0282. The average molecular weight is 418 g/mol. The molecule has 0 spiro atoms. The van der Waals surface area contributed by atoms with E-state index in [2.05, 4.69) is 10.1 Å². The monoisotopic (exact) mass is 417 g/mol. The average Bonchev–Trinajstić information content (AvgIpc) is 3.40. The molecule has 0 saturated carbocycles. The summed E-state index contributed by atoms with van der Waals surface area (Å²) >= 11 is 0. The van der Waals surface area contributed by atoms with Gasteiger partial charge in [0.2, 0.25) is 11.8 Å². The maximum atomic E-state index is 12.8. The van der Waals surface area contributed by atoms with Gasteiger partial charge in [-0.3, -0.25) is 19.3 Å². The largest absolute Gasteiger partial charge is 0.369 e. The highest BCUT2D eigenvalue weighted by Crippen LogP contribution is 2.37. The van der Waals surface area contributed by atoms with Crippen molar-refractivity contribution in [3.63, 3.8) is 0 Å². The van der Waals surface area contributed by atoms with Crippen LogP contribution in [0.25, 0.3) is 11.1 Å². The lowest BCUT2D eigenvalue weighted by Gasteiger charge is -2.27. The first-order chi connectivity index (χ1) is 15.0. The molecule has 0 unspecified atom stereocenters. The maximum Gasteiger partial charge on any atom is 0.225 e. The van der Waals surface area contributed by atoms with E-state index >= 15 is 0 Å². The van der Waals surface area contributed by atoms with Crippen molar-refractivity contribution in [1.29, 1.82) is 0 Å². The summed E-state index contributed by atoms with van der Waals surface area (Å²) < 4.78 is 1.82. The molecular formula is C24H27N5O2. The van der Waals surface area contributed by atoms with Gasteiger partial charge in [-0.15, -0.1) is 0 Å². The van der Waals surface area contributed by atoms with E-state index in [0.717, 1.165) is 22.4 Å². The number of likely N-dealkylation sites (tertiary alicyclic amines) is 1. The molecule has 0 bridgehead atoms. The number of pyridine rings is 1. The molecule has 2 amide bonds. The summed E-state index contributed by atoms with van der Waals surface area (Å²) in [6.45, 7) is 3.38. The van der Waals surface area contributed by atoms with E-state index in [0.29, 0.717) is 38.9 Å². The molecule has 2 aromatic heterocycles. The summed E-state index contributed by atoms with van der Waals surface area (Å²) in [5.74, 6) is -0.323. The van der Waals surface area contributed by atoms with Crippen LogP contribution in [0.1, 0.15) is 24.1 Å². The molecule has 2 N–H and O–H groups in total. The second kappa shape index (κ2) is 8.71. The van der Waals surface area contributed by atoms with Crippen LogP contribution in [-0.2, 0) is 22.6 Å². The van der Waals surface area contributed by atoms with E-state index in [9.17, 15) is 9.59 Å². The van der Waals surface area contributed by atoms with Crippen LogP contribution < -0.4 is 5.73 Å². The zero-order valence-electron chi connectivity index (χ0n) is 17.7. The molecule has 1 aromatic carbocycles. The normalized spacial score (nSPS) is 18.3. The third-order valence-corrected chi connectivity index (χ3v) is 6.23. The molecule has 7 nitrogen and oxygen atoms in total. The van der Waals surface area contributed by atoms with Gasteiger partial charge in [-0.1, -0.05) is 24.3 Å². The molecule has 7 heteroatoms. The second-order valence-corrected chi connectivity index (χ2v) is 8.23. The molecule has 3 aromatic rings. The van der Waals surface area contributed by atoms with Crippen molar-refractivity contribution < 1.29 is 9.59 Å². The van der Waals surface area contributed by atoms with Crippen molar-refractivity contribution in [2.24, 2.45) is 11.1 Å². The Bertz CT molecular complexity index is 1080. The van der Waals surface area contributed by atoms with Crippen LogP contribution in [-0.4, -0.2) is 44.6 Å². The Kier molecular flexibility index (Phi) is 5.84. The summed E-state index contributed by atoms with van der Waals surface area (Å²) in [5.41, 5.74) is 9.32. The van der Waals surface area contributed by atoms with Gasteiger partial charge in [0.1, 0.15) is 0 Å². The summed E-state index contributed by atoms with van der Waals surface area (Å²) in [4.78, 5) is 31.3. The summed E-state index contributed by atoms with van der Waals surface area (Å²) in [6.07, 6.45) is 6.67. The minimum atomic E-state index is -0.763. The van der Waals surface area contributed by atoms with Crippen molar-refractivity contribution in [1.82, 2.24) is 19.7 Å². The molecule has 1 fully saturated rings. The van der Waals surface area contributed by atoms with Crippen molar-refractivity contribution in [2.45, 2.75) is 32.7 Å². The molecule has 0 aliphatic carbocycles. The molecule has 4 rings (SSSR count). The Morgan fingerprint density at radius 3 is 2.58 bits per heavy atom. The van der Waals surface area contributed by atoms with E-state index in [4.69, 9.17) is 5.73 Å². The molecule has 1 atom stereocenters. The number of nitrogens with zero attached hydrogens (tertiary/aromatic N) is 4. The van der Waals surface area contributed by atoms with Gasteiger partial charge in [-0.05, 0) is 54.7 Å². The van der Waals surface area contributed by atoms with Crippen LogP contribution >= 0.6 is 0 Å². The molecule has 1 aliphatic heterocycles. The van der Waals surface area contributed by atoms with Crippen molar-refractivity contribution in [2.75, 3.05) is 13.1 Å². The minimum Gasteiger partial charge on any atom is -0.369 e. The maximum absolute atomic E-state index is 12.8. The Labute approximate surface area is 181 Å². The standard InChI is InChI=1S/C24H27N5O2/c1-18-6-13-27-29(18)14-9-22(30)28-15-10-24(17-28,23(25)31)16-20-4-2-3-5-21(20)19-7-11-26-12-8-19/h2-8,11-13H,9-10,14-17H2,1H3,(H2,25,31)/t24-/m0/s1. The molecule has 3 heterocycles. The fourth-order valence-corrected chi connectivity index (χ4v) is 4.36. The number of benzene rings is 1. The van der Waals surface area contributed by atoms with Gasteiger partial charge in [0.25, 0.3) is 0 Å². The fourth-order valence-electron chi connectivity index (χ4n) is 4.36. The smallest absolute Gasteiger partial charge is 0.225 e. The lowest BCUT2D eigenvalue weighted by molar-refractivity contribution is -0.132. The lowest BCUT2D eigenvalue weighted by atomic mass is 9.78. The van der Waals surface area contributed by atoms with Gasteiger partial charge >= 0.3 is 0 Å². The summed E-state index contributed by atoms with van der Waals surface area (Å²) in [7, 11) is 0. The number of carbonyl (C=O) groups is 2. The number of rotatable bonds is 7. The fraction of sp³-hybridized carbons (Fsp3) is 0.333. The van der Waals surface area contributed by atoms with E-state index < -0.39 is 5.41 Å². The highest BCUT2D eigenvalue weighted by Gasteiger charge is 2.45. The van der Waals surface area contributed by atoms with Gasteiger partial charge in [0, 0.05) is 50.3 Å². The highest BCUT2D eigenvalue weighted by molar-refractivity contribution is 5.85. The van der Waals surface area contributed by atoms with Crippen LogP contribution in [0.3, 0.4) is 0 Å². The Morgan fingerprint density at radius 1 is 1.10 bits per heavy atom. The first kappa shape index (κ1) is 20.8. The topological polar surface area (TPSA) is 94.1 Å². The molecule has 1 aliphatic rings. The van der Waals surface area contributed by atoms with Crippen molar-refractivity contribution in [3.05, 3.63) is 72.3 Å². The third kappa shape index (κ3) is 4.35. The zero-order valence-corrected chi connectivity index (χ0v) is 17.7. The number of amides is 2. The lowest BCUT2D eigenvalue weighted by Crippen LogP contribution is -2.42. The summed E-state index contributed by atoms with van der Waals surface area (Å²) in [5, 5.41) is 4.23. The van der Waals surface area contributed by atoms with E-state index in [1.807, 2.05) is 54.1 Å². The zero-order chi connectivity index (χ0) is 21.8. The van der Waals surface area contributed by atoms with Gasteiger partial charge < -0.3 is 10.6 Å². The van der Waals surface area contributed by atoms with Crippen LogP contribution in [0.4, 0.5) is 0 Å². The third-order valence-electron chi connectivity index (χ3n) is 6.23. The van der Waals surface area contributed by atoms with Crippen LogP contribution in [0.15, 0.2) is 61.1 Å². The Morgan fingerprint density at radius 2 is 1.87 bits per heavy atom. The molecular weight excluding hydrogens is 390 g/mol. The SMILES string of the molecule is Cc1ccnn1CCC(=O)N1CC[C@@](Cc2ccccc2-c2ccncc2)(C(N)=O)C1. The number of carbonyl (C=O) groups excluding carboxylic acids is 2. The van der Waals surface area contributed by atoms with Crippen LogP contribution in [0, 0.1) is 12.3 Å². The number of hydrogen-bond acceptors (Lipinski definition) is 4.